The Kier molecular flexibility index (Phi) is 1.08. The zero-order valence-corrected chi connectivity index (χ0v) is 4.02. The molecular formula is C5H6N2. The Hall–Kier alpha value is -0.840. The van der Waals surface area contributed by atoms with Crippen LogP contribution in [0.1, 0.15) is 19.3 Å². The predicted octanol–water partition coefficient (Wildman–Crippen LogP) is 0.996. The summed E-state index contributed by atoms with van der Waals surface area (Å²) in [5.74, 6) is 2.48. The molecule has 0 unspecified atom stereocenters. The zero-order valence-electron chi connectivity index (χ0n) is 4.02. The monoisotopic (exact) mass is 94.1 g/mol. The molecule has 0 aromatic rings. The maximum absolute atomic E-state index is 7.89. The Labute approximate surface area is 42.1 Å². The third kappa shape index (κ3) is 0.774. The van der Waals surface area contributed by atoms with E-state index in [0.717, 1.165) is 18.4 Å². The molecule has 0 spiro atoms. The molecular weight excluding hydrogens is 88.1 g/mol. The predicted molar refractivity (Wildman–Crippen MR) is 26.0 cm³/mol. The fourth-order valence-electron chi connectivity index (χ4n) is 0.536. The first-order chi connectivity index (χ1) is 3.43. The van der Waals surface area contributed by atoms with Gasteiger partial charge in [-0.3, -0.25) is 0 Å². The molecule has 0 aromatic heterocycles. The minimum atomic E-state index is 1.07. The highest BCUT2D eigenvalue weighted by Gasteiger charge is 2.09. The van der Waals surface area contributed by atoms with Crippen LogP contribution >= 0.6 is 0 Å². The molecule has 0 saturated heterocycles. The third-order valence-electron chi connectivity index (χ3n) is 1.17. The summed E-state index contributed by atoms with van der Waals surface area (Å²) in [6.07, 6.45) is 3.38. The number of rotatable bonds is 0. The van der Waals surface area contributed by atoms with E-state index in [4.69, 9.17) is 5.53 Å². The van der Waals surface area contributed by atoms with Crippen LogP contribution in [0.3, 0.4) is 0 Å². The van der Waals surface area contributed by atoms with Gasteiger partial charge in [0.15, 0.2) is 0 Å². The van der Waals surface area contributed by atoms with Crippen molar-refractivity contribution >= 4 is 5.87 Å². The van der Waals surface area contributed by atoms with E-state index in [1.807, 2.05) is 0 Å². The van der Waals surface area contributed by atoms with E-state index in [2.05, 4.69) is 10.7 Å². The first kappa shape index (κ1) is 4.32. The highest BCUT2D eigenvalue weighted by atomic mass is 14.8. The van der Waals surface area contributed by atoms with Gasteiger partial charge in [-0.15, -0.1) is 4.79 Å². The number of hydrogen-bond acceptors (Lipinski definition) is 0. The van der Waals surface area contributed by atoms with Gasteiger partial charge in [0.05, 0.1) is 5.57 Å². The molecule has 1 saturated carbocycles. The van der Waals surface area contributed by atoms with Crippen LogP contribution in [0.25, 0.3) is 5.53 Å². The summed E-state index contributed by atoms with van der Waals surface area (Å²) in [6, 6.07) is 0. The smallest absolute Gasteiger partial charge is 0.298 e. The van der Waals surface area contributed by atoms with Gasteiger partial charge in [-0.25, -0.2) is 0 Å². The van der Waals surface area contributed by atoms with Crippen molar-refractivity contribution in [3.8, 4) is 0 Å². The average Bonchev–Trinajstić information content (AvgIpc) is 1.55. The van der Waals surface area contributed by atoms with Crippen LogP contribution in [0.15, 0.2) is 5.57 Å². The second-order valence-electron chi connectivity index (χ2n) is 1.67. The first-order valence-corrected chi connectivity index (χ1v) is 2.38. The number of nitrogens with zero attached hydrogens (tertiary/aromatic N) is 2. The molecule has 0 bridgehead atoms. The van der Waals surface area contributed by atoms with E-state index >= 15 is 0 Å². The zero-order chi connectivity index (χ0) is 5.11. The molecule has 7 heavy (non-hydrogen) atoms. The molecule has 36 valence electrons. The largest absolute Gasteiger partial charge is 0.348 e. The summed E-state index contributed by atoms with van der Waals surface area (Å²) >= 11 is 0. The quantitative estimate of drug-likeness (QED) is 0.244. The van der Waals surface area contributed by atoms with Crippen molar-refractivity contribution in [3.05, 3.63) is 11.1 Å². The lowest BCUT2D eigenvalue weighted by atomic mass is 9.94. The van der Waals surface area contributed by atoms with Gasteiger partial charge in [0, 0.05) is 0 Å². The molecule has 0 radical (unpaired) electrons. The van der Waals surface area contributed by atoms with Crippen LogP contribution in [-0.2, 0) is 0 Å². The summed E-state index contributed by atoms with van der Waals surface area (Å²) in [6.45, 7) is 0. The van der Waals surface area contributed by atoms with E-state index in [0.29, 0.717) is 0 Å². The molecule has 1 aliphatic rings. The molecule has 0 aliphatic heterocycles. The molecule has 2 nitrogen and oxygen atoms in total. The van der Waals surface area contributed by atoms with E-state index in [1.165, 1.54) is 6.42 Å². The minimum Gasteiger partial charge on any atom is -0.348 e. The SMILES string of the molecule is [N-]=[N+]=C=C1CCC1. The molecule has 0 N–H and O–H groups in total. The second-order valence-corrected chi connectivity index (χ2v) is 1.67. The lowest BCUT2D eigenvalue weighted by Gasteiger charge is -2.07. The van der Waals surface area contributed by atoms with Crippen molar-refractivity contribution in [1.82, 2.24) is 0 Å². The Bertz CT molecular complexity index is 141. The van der Waals surface area contributed by atoms with Crippen molar-refractivity contribution in [2.75, 3.05) is 0 Å². The molecule has 0 aromatic carbocycles. The van der Waals surface area contributed by atoms with Crippen LogP contribution < -0.4 is 0 Å². The summed E-state index contributed by atoms with van der Waals surface area (Å²) in [7, 11) is 0. The summed E-state index contributed by atoms with van der Waals surface area (Å²) in [4.78, 5) is 2.77. The van der Waals surface area contributed by atoms with Crippen LogP contribution in [0.5, 0.6) is 0 Å². The lowest BCUT2D eigenvalue weighted by molar-refractivity contribution is 0.00685. The first-order valence-electron chi connectivity index (χ1n) is 2.38. The lowest BCUT2D eigenvalue weighted by Crippen LogP contribution is -1.96. The van der Waals surface area contributed by atoms with E-state index in [1.54, 1.807) is 0 Å². The summed E-state index contributed by atoms with van der Waals surface area (Å²) < 4.78 is 0. The Morgan fingerprint density at radius 2 is 2.29 bits per heavy atom. The Balaban J connectivity index is 2.70. The molecule has 0 heterocycles. The maximum atomic E-state index is 7.89. The highest BCUT2D eigenvalue weighted by molar-refractivity contribution is 5.53. The van der Waals surface area contributed by atoms with Gasteiger partial charge in [0.1, 0.15) is 0 Å². The normalized spacial score (nSPS) is 16.9. The fraction of sp³-hybridized carbons (Fsp3) is 0.600. The van der Waals surface area contributed by atoms with Crippen molar-refractivity contribution in [1.29, 1.82) is 0 Å². The number of allylic oxidation sites excluding steroid dienone is 1. The van der Waals surface area contributed by atoms with Gasteiger partial charge < -0.3 is 5.53 Å². The second kappa shape index (κ2) is 1.74. The van der Waals surface area contributed by atoms with Gasteiger partial charge in [0.2, 0.25) is 0 Å². The fourth-order valence-corrected chi connectivity index (χ4v) is 0.536. The maximum Gasteiger partial charge on any atom is 0.298 e. The molecule has 0 atom stereocenters. The van der Waals surface area contributed by atoms with Crippen LogP contribution in [0.2, 0.25) is 0 Å². The Morgan fingerprint density at radius 1 is 1.57 bits per heavy atom. The van der Waals surface area contributed by atoms with E-state index in [-0.39, 0.29) is 0 Å². The molecule has 1 rings (SSSR count). The van der Waals surface area contributed by atoms with Crippen LogP contribution in [-0.4, -0.2) is 10.7 Å². The summed E-state index contributed by atoms with van der Waals surface area (Å²) in [5, 5.41) is 0. The molecule has 1 fully saturated rings. The van der Waals surface area contributed by atoms with Crippen molar-refractivity contribution in [3.63, 3.8) is 0 Å². The van der Waals surface area contributed by atoms with Crippen molar-refractivity contribution in [2.45, 2.75) is 19.3 Å². The van der Waals surface area contributed by atoms with Gasteiger partial charge >= 0.3 is 0 Å². The van der Waals surface area contributed by atoms with E-state index in [9.17, 15) is 0 Å². The molecule has 1 aliphatic carbocycles. The Morgan fingerprint density at radius 3 is 2.43 bits per heavy atom. The van der Waals surface area contributed by atoms with Gasteiger partial charge in [0.25, 0.3) is 5.87 Å². The molecule has 0 amide bonds. The van der Waals surface area contributed by atoms with Gasteiger partial charge in [-0.05, 0) is 19.3 Å². The van der Waals surface area contributed by atoms with Crippen LogP contribution in [0, 0.1) is 0 Å². The van der Waals surface area contributed by atoms with Crippen molar-refractivity contribution < 1.29 is 4.79 Å². The topological polar surface area (TPSA) is 36.4 Å². The van der Waals surface area contributed by atoms with Crippen LogP contribution in [0.4, 0.5) is 0 Å². The molecule has 2 heteroatoms. The highest BCUT2D eigenvalue weighted by Crippen LogP contribution is 2.21. The van der Waals surface area contributed by atoms with Crippen molar-refractivity contribution in [2.24, 2.45) is 0 Å². The number of hydrogen-bond donors (Lipinski definition) is 0. The van der Waals surface area contributed by atoms with Gasteiger partial charge in [-0.1, -0.05) is 0 Å². The summed E-state index contributed by atoms with van der Waals surface area (Å²) in [5.41, 5.74) is 9.04. The standard InChI is InChI=1S/C5H6N2/c6-7-4-5-2-1-3-5/h1-3H2. The average molecular weight is 94.1 g/mol. The minimum absolute atomic E-state index is 1.07. The van der Waals surface area contributed by atoms with Gasteiger partial charge in [-0.2, -0.15) is 0 Å². The van der Waals surface area contributed by atoms with E-state index < -0.39 is 0 Å². The third-order valence-corrected chi connectivity index (χ3v) is 1.17.